The molecule has 0 aliphatic heterocycles. The number of hydrogen-bond acceptors (Lipinski definition) is 4. The Morgan fingerprint density at radius 2 is 1.96 bits per heavy atom. The Hall–Kier alpha value is -1.51. The molecule has 5 nitrogen and oxygen atoms in total. The highest BCUT2D eigenvalue weighted by atomic mass is 35.5. The molecular weight excluding hydrogens is 337 g/mol. The quantitative estimate of drug-likeness (QED) is 0.663. The van der Waals surface area contributed by atoms with Crippen LogP contribution < -0.4 is 15.4 Å². The monoisotopic (exact) mass is 356 g/mol. The standard InChI is InChI=1S/C14H19F3N2O3.ClH/c1-21-7-5-18-10-13(20)19-6-8-22-12-4-2-3-11(9-12)14(15,16)17;/h2-4,9,18H,5-8,10H2,1H3,(H,19,20);1H. The van der Waals surface area contributed by atoms with Crippen molar-refractivity contribution in [2.24, 2.45) is 0 Å². The molecule has 1 amide bonds. The first-order valence-electron chi connectivity index (χ1n) is 6.70. The molecule has 0 saturated heterocycles. The van der Waals surface area contributed by atoms with E-state index in [-0.39, 0.29) is 43.8 Å². The van der Waals surface area contributed by atoms with Crippen molar-refractivity contribution in [3.05, 3.63) is 29.8 Å². The first-order chi connectivity index (χ1) is 10.4. The molecule has 0 saturated carbocycles. The Morgan fingerprint density at radius 3 is 2.61 bits per heavy atom. The summed E-state index contributed by atoms with van der Waals surface area (Å²) in [6.07, 6.45) is -4.40. The number of alkyl halides is 3. The highest BCUT2D eigenvalue weighted by Crippen LogP contribution is 2.31. The normalized spacial score (nSPS) is 10.8. The van der Waals surface area contributed by atoms with Crippen molar-refractivity contribution in [3.8, 4) is 5.75 Å². The van der Waals surface area contributed by atoms with E-state index in [2.05, 4.69) is 10.6 Å². The van der Waals surface area contributed by atoms with E-state index in [0.717, 1.165) is 12.1 Å². The highest BCUT2D eigenvalue weighted by molar-refractivity contribution is 5.85. The molecule has 0 aromatic heterocycles. The molecule has 0 atom stereocenters. The molecule has 23 heavy (non-hydrogen) atoms. The highest BCUT2D eigenvalue weighted by Gasteiger charge is 2.30. The van der Waals surface area contributed by atoms with Crippen molar-refractivity contribution in [1.29, 1.82) is 0 Å². The number of carbonyl (C=O) groups is 1. The largest absolute Gasteiger partial charge is 0.492 e. The molecule has 1 aromatic carbocycles. The zero-order chi connectivity index (χ0) is 16.4. The predicted octanol–water partition coefficient (Wildman–Crippen LogP) is 1.86. The lowest BCUT2D eigenvalue weighted by atomic mass is 10.2. The minimum Gasteiger partial charge on any atom is -0.492 e. The summed E-state index contributed by atoms with van der Waals surface area (Å²) in [5.74, 6) is -0.106. The van der Waals surface area contributed by atoms with Gasteiger partial charge in [0.2, 0.25) is 5.91 Å². The third kappa shape index (κ3) is 9.27. The van der Waals surface area contributed by atoms with Crippen molar-refractivity contribution in [2.75, 3.05) is 40.0 Å². The molecule has 0 radical (unpaired) electrons. The number of ether oxygens (including phenoxy) is 2. The summed E-state index contributed by atoms with van der Waals surface area (Å²) < 4.78 is 47.5. The third-order valence-corrected chi connectivity index (χ3v) is 2.62. The van der Waals surface area contributed by atoms with Gasteiger partial charge in [0, 0.05) is 13.7 Å². The average molecular weight is 357 g/mol. The zero-order valence-electron chi connectivity index (χ0n) is 12.6. The van der Waals surface area contributed by atoms with Gasteiger partial charge in [0.05, 0.1) is 25.3 Å². The Balaban J connectivity index is 0.00000484. The van der Waals surface area contributed by atoms with Gasteiger partial charge in [0.15, 0.2) is 0 Å². The predicted molar refractivity (Wildman–Crippen MR) is 81.9 cm³/mol. The Labute approximate surface area is 138 Å². The fraction of sp³-hybridized carbons (Fsp3) is 0.500. The third-order valence-electron chi connectivity index (χ3n) is 2.62. The molecule has 9 heteroatoms. The smallest absolute Gasteiger partial charge is 0.416 e. The number of benzene rings is 1. The summed E-state index contributed by atoms with van der Waals surface area (Å²) in [5.41, 5.74) is -0.767. The summed E-state index contributed by atoms with van der Waals surface area (Å²) in [4.78, 5) is 11.4. The van der Waals surface area contributed by atoms with Crippen LogP contribution in [0.25, 0.3) is 0 Å². The van der Waals surface area contributed by atoms with E-state index in [1.54, 1.807) is 7.11 Å². The molecule has 2 N–H and O–H groups in total. The van der Waals surface area contributed by atoms with Gasteiger partial charge in [-0.2, -0.15) is 13.2 Å². The van der Waals surface area contributed by atoms with E-state index in [1.165, 1.54) is 12.1 Å². The number of hydrogen-bond donors (Lipinski definition) is 2. The van der Waals surface area contributed by atoms with Gasteiger partial charge in [-0.25, -0.2) is 0 Å². The number of methoxy groups -OCH3 is 1. The molecule has 0 bridgehead atoms. The van der Waals surface area contributed by atoms with Crippen molar-refractivity contribution < 1.29 is 27.4 Å². The van der Waals surface area contributed by atoms with Crippen LogP contribution in [-0.4, -0.2) is 45.9 Å². The van der Waals surface area contributed by atoms with E-state index in [9.17, 15) is 18.0 Å². The van der Waals surface area contributed by atoms with Gasteiger partial charge in [-0.3, -0.25) is 4.79 Å². The fourth-order valence-corrected chi connectivity index (χ4v) is 1.56. The first-order valence-corrected chi connectivity index (χ1v) is 6.70. The molecule has 0 aliphatic rings. The minimum absolute atomic E-state index is 0. The van der Waals surface area contributed by atoms with Gasteiger partial charge in [0.1, 0.15) is 12.4 Å². The Bertz CT molecular complexity index is 473. The average Bonchev–Trinajstić information content (AvgIpc) is 2.48. The zero-order valence-corrected chi connectivity index (χ0v) is 13.4. The van der Waals surface area contributed by atoms with Crippen LogP contribution in [0.15, 0.2) is 24.3 Å². The van der Waals surface area contributed by atoms with E-state index in [0.29, 0.717) is 13.2 Å². The van der Waals surface area contributed by atoms with Gasteiger partial charge >= 0.3 is 6.18 Å². The number of amides is 1. The molecule has 1 aromatic rings. The van der Waals surface area contributed by atoms with Gasteiger partial charge in [0.25, 0.3) is 0 Å². The second-order valence-corrected chi connectivity index (χ2v) is 4.39. The van der Waals surface area contributed by atoms with Crippen LogP contribution in [-0.2, 0) is 15.7 Å². The van der Waals surface area contributed by atoms with Gasteiger partial charge < -0.3 is 20.1 Å². The fourth-order valence-electron chi connectivity index (χ4n) is 1.56. The Morgan fingerprint density at radius 1 is 1.22 bits per heavy atom. The molecule has 0 fully saturated rings. The maximum Gasteiger partial charge on any atom is 0.416 e. The molecule has 0 spiro atoms. The lowest BCUT2D eigenvalue weighted by Gasteiger charge is -2.11. The summed E-state index contributed by atoms with van der Waals surface area (Å²) >= 11 is 0. The Kier molecular flexibility index (Phi) is 10.4. The van der Waals surface area contributed by atoms with Gasteiger partial charge in [-0.05, 0) is 18.2 Å². The van der Waals surface area contributed by atoms with Crippen LogP contribution in [0.2, 0.25) is 0 Å². The summed E-state index contributed by atoms with van der Waals surface area (Å²) in [6, 6.07) is 4.61. The topological polar surface area (TPSA) is 59.6 Å². The molecule has 132 valence electrons. The second kappa shape index (κ2) is 11.1. The lowest BCUT2D eigenvalue weighted by Crippen LogP contribution is -2.37. The SMILES string of the molecule is COCCNCC(=O)NCCOc1cccc(C(F)(F)F)c1.Cl. The number of rotatable bonds is 9. The van der Waals surface area contributed by atoms with Crippen LogP contribution in [0.3, 0.4) is 0 Å². The van der Waals surface area contributed by atoms with Crippen LogP contribution in [0.4, 0.5) is 13.2 Å². The van der Waals surface area contributed by atoms with Crippen LogP contribution in [0.1, 0.15) is 5.56 Å². The molecular formula is C14H20ClF3N2O3. The first kappa shape index (κ1) is 21.5. The minimum atomic E-state index is -4.40. The number of carbonyl (C=O) groups excluding carboxylic acids is 1. The summed E-state index contributed by atoms with van der Waals surface area (Å²) in [6.45, 7) is 1.51. The second-order valence-electron chi connectivity index (χ2n) is 4.39. The molecule has 0 aliphatic carbocycles. The maximum absolute atomic E-state index is 12.5. The van der Waals surface area contributed by atoms with E-state index < -0.39 is 11.7 Å². The summed E-state index contributed by atoms with van der Waals surface area (Å²) in [7, 11) is 1.56. The van der Waals surface area contributed by atoms with Crippen LogP contribution in [0.5, 0.6) is 5.75 Å². The summed E-state index contributed by atoms with van der Waals surface area (Å²) in [5, 5.41) is 5.45. The molecule has 0 unspecified atom stereocenters. The number of nitrogens with one attached hydrogen (secondary N) is 2. The van der Waals surface area contributed by atoms with E-state index in [1.807, 2.05) is 0 Å². The van der Waals surface area contributed by atoms with E-state index in [4.69, 9.17) is 9.47 Å². The van der Waals surface area contributed by atoms with Crippen LogP contribution >= 0.6 is 12.4 Å². The van der Waals surface area contributed by atoms with Crippen LogP contribution in [0, 0.1) is 0 Å². The van der Waals surface area contributed by atoms with Crippen molar-refractivity contribution >= 4 is 18.3 Å². The number of halogens is 4. The van der Waals surface area contributed by atoms with Gasteiger partial charge in [-0.15, -0.1) is 12.4 Å². The van der Waals surface area contributed by atoms with Crippen molar-refractivity contribution in [1.82, 2.24) is 10.6 Å². The lowest BCUT2D eigenvalue weighted by molar-refractivity contribution is -0.137. The van der Waals surface area contributed by atoms with Gasteiger partial charge in [-0.1, -0.05) is 6.07 Å². The molecule has 0 heterocycles. The molecule has 1 rings (SSSR count). The van der Waals surface area contributed by atoms with Crippen molar-refractivity contribution in [2.45, 2.75) is 6.18 Å². The maximum atomic E-state index is 12.5. The van der Waals surface area contributed by atoms with E-state index >= 15 is 0 Å². The van der Waals surface area contributed by atoms with Crippen molar-refractivity contribution in [3.63, 3.8) is 0 Å².